The first kappa shape index (κ1) is 17.9. The highest BCUT2D eigenvalue weighted by atomic mass is 32.1. The van der Waals surface area contributed by atoms with Gasteiger partial charge in [-0.25, -0.2) is 9.97 Å². The van der Waals surface area contributed by atoms with Crippen LogP contribution in [-0.4, -0.2) is 29.1 Å². The lowest BCUT2D eigenvalue weighted by atomic mass is 10.1. The molecule has 6 nitrogen and oxygen atoms in total. The Bertz CT molecular complexity index is 964. The Morgan fingerprint density at radius 1 is 1.11 bits per heavy atom. The van der Waals surface area contributed by atoms with Crippen LogP contribution in [0.3, 0.4) is 0 Å². The van der Waals surface area contributed by atoms with Crippen molar-refractivity contribution in [3.8, 4) is 11.5 Å². The maximum Gasteiger partial charge on any atom is 0.232 e. The van der Waals surface area contributed by atoms with Crippen molar-refractivity contribution in [2.75, 3.05) is 18.5 Å². The van der Waals surface area contributed by atoms with E-state index in [2.05, 4.69) is 15.3 Å². The minimum atomic E-state index is -0.0867. The number of ether oxygens (including phenoxy) is 2. The van der Waals surface area contributed by atoms with Crippen LogP contribution in [0.1, 0.15) is 48.7 Å². The molecular weight excluding hydrogens is 394 g/mol. The van der Waals surface area contributed by atoms with Crippen LogP contribution in [0, 0.1) is 0 Å². The molecule has 1 aliphatic carbocycles. The van der Waals surface area contributed by atoms with E-state index in [4.69, 9.17) is 9.47 Å². The summed E-state index contributed by atoms with van der Waals surface area (Å²) in [5.74, 6) is 1.96. The molecule has 1 fully saturated rings. The minimum absolute atomic E-state index is 0.0867. The van der Waals surface area contributed by atoms with E-state index in [0.29, 0.717) is 24.3 Å². The third kappa shape index (κ3) is 3.71. The molecule has 0 spiro atoms. The summed E-state index contributed by atoms with van der Waals surface area (Å²) in [6.45, 7) is 1.29. The molecular formula is C20H21N3O3S2. The molecule has 0 radical (unpaired) electrons. The Balaban J connectivity index is 1.27. The van der Waals surface area contributed by atoms with Gasteiger partial charge in [0.1, 0.15) is 0 Å². The molecule has 0 bridgehead atoms. The maximum atomic E-state index is 12.5. The fourth-order valence-corrected chi connectivity index (χ4v) is 5.61. The second kappa shape index (κ2) is 7.67. The number of fused-ring (bicyclic) bond motifs is 2. The van der Waals surface area contributed by atoms with Crippen LogP contribution >= 0.6 is 22.7 Å². The average Bonchev–Trinajstić information content (AvgIpc) is 3.38. The zero-order valence-corrected chi connectivity index (χ0v) is 17.0. The van der Waals surface area contributed by atoms with E-state index in [1.807, 2.05) is 17.5 Å². The van der Waals surface area contributed by atoms with E-state index in [0.717, 1.165) is 33.8 Å². The zero-order valence-electron chi connectivity index (χ0n) is 15.4. The Hall–Kier alpha value is -2.19. The zero-order chi connectivity index (χ0) is 18.9. The predicted molar refractivity (Wildman–Crippen MR) is 111 cm³/mol. The number of nitrogens with one attached hydrogen (secondary N) is 1. The van der Waals surface area contributed by atoms with Crippen LogP contribution < -0.4 is 14.8 Å². The molecule has 1 amide bonds. The predicted octanol–water partition coefficient (Wildman–Crippen LogP) is 4.75. The molecule has 146 valence electrons. The van der Waals surface area contributed by atoms with Crippen molar-refractivity contribution in [2.45, 2.75) is 44.4 Å². The van der Waals surface area contributed by atoms with Crippen LogP contribution in [0.15, 0.2) is 17.5 Å². The molecule has 1 aliphatic heterocycles. The minimum Gasteiger partial charge on any atom is -0.490 e. The van der Waals surface area contributed by atoms with Gasteiger partial charge in [0.25, 0.3) is 0 Å². The van der Waals surface area contributed by atoms with Crippen molar-refractivity contribution >= 4 is 43.9 Å². The van der Waals surface area contributed by atoms with Crippen LogP contribution in [0.5, 0.6) is 11.5 Å². The monoisotopic (exact) mass is 415 g/mol. The number of nitrogens with zero attached hydrogens (tertiary/aromatic N) is 2. The molecule has 1 N–H and O–H groups in total. The number of thiazole rings is 2. The van der Waals surface area contributed by atoms with Gasteiger partial charge in [0.2, 0.25) is 5.91 Å². The second-order valence-corrected chi connectivity index (χ2v) is 9.14. The normalized spacial score (nSPS) is 17.0. The number of amides is 1. The molecule has 1 aromatic carbocycles. The number of rotatable bonds is 4. The summed E-state index contributed by atoms with van der Waals surface area (Å²) in [6, 6.07) is 3.83. The van der Waals surface area contributed by atoms with Crippen LogP contribution in [0.4, 0.5) is 5.13 Å². The summed E-state index contributed by atoms with van der Waals surface area (Å²) in [6.07, 6.45) is 6.18. The number of carbonyl (C=O) groups is 1. The molecule has 28 heavy (non-hydrogen) atoms. The van der Waals surface area contributed by atoms with Gasteiger partial charge in [-0.05, 0) is 12.8 Å². The SMILES string of the molecule is O=C(Cc1csc(C2CCCC2)n1)Nc1nc2cc3c(cc2s1)OCCCO3. The summed E-state index contributed by atoms with van der Waals surface area (Å²) >= 11 is 3.13. The Kier molecular flexibility index (Phi) is 4.90. The van der Waals surface area contributed by atoms with Gasteiger partial charge in [-0.15, -0.1) is 11.3 Å². The maximum absolute atomic E-state index is 12.5. The van der Waals surface area contributed by atoms with Crippen molar-refractivity contribution < 1.29 is 14.3 Å². The number of hydrogen-bond donors (Lipinski definition) is 1. The topological polar surface area (TPSA) is 73.3 Å². The standard InChI is InChI=1S/C20H21N3O3S2/c24-18(8-13-11-27-19(21-13)12-4-1-2-5-12)23-20-22-14-9-15-16(10-17(14)28-20)26-7-3-6-25-15/h9-12H,1-8H2,(H,22,23,24). The smallest absolute Gasteiger partial charge is 0.232 e. The van der Waals surface area contributed by atoms with Crippen LogP contribution in [0.25, 0.3) is 10.2 Å². The molecule has 5 rings (SSSR count). The van der Waals surface area contributed by atoms with Gasteiger partial charge < -0.3 is 14.8 Å². The van der Waals surface area contributed by atoms with E-state index < -0.39 is 0 Å². The van der Waals surface area contributed by atoms with Gasteiger partial charge >= 0.3 is 0 Å². The fourth-order valence-electron chi connectivity index (χ4n) is 3.73. The highest BCUT2D eigenvalue weighted by molar-refractivity contribution is 7.22. The molecule has 1 saturated carbocycles. The lowest BCUT2D eigenvalue weighted by molar-refractivity contribution is -0.115. The van der Waals surface area contributed by atoms with Crippen molar-refractivity contribution in [2.24, 2.45) is 0 Å². The first-order chi connectivity index (χ1) is 13.7. The summed E-state index contributed by atoms with van der Waals surface area (Å²) in [5, 5.41) is 6.70. The number of benzene rings is 1. The molecule has 8 heteroatoms. The second-order valence-electron chi connectivity index (χ2n) is 7.22. The van der Waals surface area contributed by atoms with Gasteiger partial charge in [-0.2, -0.15) is 0 Å². The van der Waals surface area contributed by atoms with Crippen LogP contribution in [0.2, 0.25) is 0 Å². The number of carbonyl (C=O) groups excluding carboxylic acids is 1. The highest BCUT2D eigenvalue weighted by Gasteiger charge is 2.21. The Labute approximate surface area is 170 Å². The largest absolute Gasteiger partial charge is 0.490 e. The van der Waals surface area contributed by atoms with E-state index in [1.165, 1.54) is 42.0 Å². The van der Waals surface area contributed by atoms with Crippen molar-refractivity contribution in [1.82, 2.24) is 9.97 Å². The quantitative estimate of drug-likeness (QED) is 0.665. The van der Waals surface area contributed by atoms with E-state index in [1.54, 1.807) is 11.3 Å². The lowest BCUT2D eigenvalue weighted by Gasteiger charge is -2.05. The van der Waals surface area contributed by atoms with E-state index in [-0.39, 0.29) is 12.3 Å². The third-order valence-electron chi connectivity index (χ3n) is 5.12. The van der Waals surface area contributed by atoms with Gasteiger partial charge in [0, 0.05) is 29.9 Å². The molecule has 0 atom stereocenters. The lowest BCUT2D eigenvalue weighted by Crippen LogP contribution is -2.14. The average molecular weight is 416 g/mol. The van der Waals surface area contributed by atoms with E-state index in [9.17, 15) is 4.79 Å². The van der Waals surface area contributed by atoms with Gasteiger partial charge in [0.15, 0.2) is 16.6 Å². The first-order valence-corrected chi connectivity index (χ1v) is 11.4. The summed E-state index contributed by atoms with van der Waals surface area (Å²) in [7, 11) is 0. The summed E-state index contributed by atoms with van der Waals surface area (Å²) in [4.78, 5) is 21.7. The first-order valence-electron chi connectivity index (χ1n) is 9.69. The van der Waals surface area contributed by atoms with Crippen molar-refractivity contribution in [1.29, 1.82) is 0 Å². The van der Waals surface area contributed by atoms with Crippen LogP contribution in [-0.2, 0) is 11.2 Å². The number of anilines is 1. The summed E-state index contributed by atoms with van der Waals surface area (Å²) in [5.41, 5.74) is 1.65. The van der Waals surface area contributed by atoms with Gasteiger partial charge in [0.05, 0.1) is 40.6 Å². The van der Waals surface area contributed by atoms with Crippen molar-refractivity contribution in [3.05, 3.63) is 28.2 Å². The molecule has 3 heterocycles. The number of aromatic nitrogens is 2. The molecule has 2 aromatic heterocycles. The number of hydrogen-bond acceptors (Lipinski definition) is 7. The molecule has 0 saturated heterocycles. The van der Waals surface area contributed by atoms with E-state index >= 15 is 0 Å². The molecule has 2 aliphatic rings. The Morgan fingerprint density at radius 3 is 2.71 bits per heavy atom. The van der Waals surface area contributed by atoms with Gasteiger partial charge in [-0.1, -0.05) is 24.2 Å². The van der Waals surface area contributed by atoms with Gasteiger partial charge in [-0.3, -0.25) is 4.79 Å². The molecule has 3 aromatic rings. The highest BCUT2D eigenvalue weighted by Crippen LogP contribution is 2.38. The molecule has 0 unspecified atom stereocenters. The fraction of sp³-hybridized carbons (Fsp3) is 0.450. The van der Waals surface area contributed by atoms with Crippen molar-refractivity contribution in [3.63, 3.8) is 0 Å². The third-order valence-corrected chi connectivity index (χ3v) is 7.11. The summed E-state index contributed by atoms with van der Waals surface area (Å²) < 4.78 is 12.4. The Morgan fingerprint density at radius 2 is 1.89 bits per heavy atom.